The highest BCUT2D eigenvalue weighted by Crippen LogP contribution is 2.33. The minimum absolute atomic E-state index is 0.0677. The van der Waals surface area contributed by atoms with Gasteiger partial charge in [-0.25, -0.2) is 0 Å². The van der Waals surface area contributed by atoms with Crippen LogP contribution in [-0.4, -0.2) is 19.0 Å². The Morgan fingerprint density at radius 3 is 2.86 bits per heavy atom. The lowest BCUT2D eigenvalue weighted by atomic mass is 9.76. The summed E-state index contributed by atoms with van der Waals surface area (Å²) in [5.74, 6) is 0.156. The average Bonchev–Trinajstić information content (AvgIpc) is 2.48. The van der Waals surface area contributed by atoms with Crippen LogP contribution in [0, 0.1) is 5.41 Å². The monoisotopic (exact) mass is 308 g/mol. The number of benzene rings is 1. The molecule has 3 nitrogen and oxygen atoms in total. The van der Waals surface area contributed by atoms with Crippen molar-refractivity contribution >= 4 is 17.5 Å². The van der Waals surface area contributed by atoms with E-state index < -0.39 is 0 Å². The van der Waals surface area contributed by atoms with Crippen molar-refractivity contribution in [2.75, 3.05) is 13.1 Å². The van der Waals surface area contributed by atoms with Gasteiger partial charge in [-0.15, -0.1) is 0 Å². The van der Waals surface area contributed by atoms with E-state index in [1.165, 1.54) is 0 Å². The first kappa shape index (κ1) is 16.3. The van der Waals surface area contributed by atoms with E-state index in [1.54, 1.807) is 0 Å². The third-order valence-electron chi connectivity index (χ3n) is 4.40. The number of halogens is 1. The van der Waals surface area contributed by atoms with Crippen LogP contribution in [0.15, 0.2) is 24.3 Å². The second kappa shape index (κ2) is 7.28. The quantitative estimate of drug-likeness (QED) is 0.871. The van der Waals surface area contributed by atoms with E-state index in [1.807, 2.05) is 31.2 Å². The molecule has 2 atom stereocenters. The molecule has 21 heavy (non-hydrogen) atoms. The van der Waals surface area contributed by atoms with Crippen molar-refractivity contribution in [1.82, 2.24) is 10.6 Å². The Bertz CT molecular complexity index is 478. The fraction of sp³-hybridized carbons (Fsp3) is 0.588. The SMILES string of the molecule is CCCC1(C(=O)NC(C)c2ccccc2Cl)CCCNC1. The maximum absolute atomic E-state index is 12.8. The van der Waals surface area contributed by atoms with E-state index in [9.17, 15) is 4.79 Å². The molecule has 2 rings (SSSR count). The van der Waals surface area contributed by atoms with Gasteiger partial charge in [0.15, 0.2) is 0 Å². The van der Waals surface area contributed by atoms with E-state index in [-0.39, 0.29) is 17.4 Å². The second-order valence-electron chi connectivity index (χ2n) is 6.03. The summed E-state index contributed by atoms with van der Waals surface area (Å²) in [6.07, 6.45) is 3.99. The number of carbonyl (C=O) groups is 1. The number of nitrogens with one attached hydrogen (secondary N) is 2. The minimum Gasteiger partial charge on any atom is -0.349 e. The van der Waals surface area contributed by atoms with Crippen molar-refractivity contribution in [2.45, 2.75) is 45.6 Å². The van der Waals surface area contributed by atoms with Gasteiger partial charge in [0.05, 0.1) is 11.5 Å². The largest absolute Gasteiger partial charge is 0.349 e. The van der Waals surface area contributed by atoms with Gasteiger partial charge in [-0.3, -0.25) is 4.79 Å². The fourth-order valence-electron chi connectivity index (χ4n) is 3.22. The summed E-state index contributed by atoms with van der Waals surface area (Å²) in [6, 6.07) is 7.63. The minimum atomic E-state index is -0.261. The lowest BCUT2D eigenvalue weighted by Crippen LogP contribution is -2.50. The van der Waals surface area contributed by atoms with Crippen molar-refractivity contribution in [3.8, 4) is 0 Å². The summed E-state index contributed by atoms with van der Waals surface area (Å²) < 4.78 is 0. The molecular weight excluding hydrogens is 284 g/mol. The maximum Gasteiger partial charge on any atom is 0.227 e. The van der Waals surface area contributed by atoms with Crippen molar-refractivity contribution in [3.63, 3.8) is 0 Å². The number of carbonyl (C=O) groups excluding carboxylic acids is 1. The molecule has 116 valence electrons. The molecule has 0 saturated carbocycles. The van der Waals surface area contributed by atoms with Crippen molar-refractivity contribution in [1.29, 1.82) is 0 Å². The van der Waals surface area contributed by atoms with E-state index >= 15 is 0 Å². The Hall–Kier alpha value is -1.06. The van der Waals surface area contributed by atoms with Crippen LogP contribution in [0.1, 0.15) is 51.1 Å². The summed E-state index contributed by atoms with van der Waals surface area (Å²) in [4.78, 5) is 12.8. The molecule has 1 aromatic carbocycles. The highest BCUT2D eigenvalue weighted by Gasteiger charge is 2.39. The van der Waals surface area contributed by atoms with Gasteiger partial charge >= 0.3 is 0 Å². The normalized spacial score (nSPS) is 23.6. The molecule has 1 heterocycles. The van der Waals surface area contributed by atoms with Crippen LogP contribution in [0.2, 0.25) is 5.02 Å². The van der Waals surface area contributed by atoms with Crippen LogP contribution in [0.4, 0.5) is 0 Å². The Labute approximate surface area is 132 Å². The molecule has 1 aliphatic rings. The molecule has 2 N–H and O–H groups in total. The predicted molar refractivity (Wildman–Crippen MR) is 87.5 cm³/mol. The van der Waals surface area contributed by atoms with E-state index in [0.29, 0.717) is 5.02 Å². The van der Waals surface area contributed by atoms with Gasteiger partial charge in [-0.05, 0) is 44.4 Å². The van der Waals surface area contributed by atoms with Crippen LogP contribution >= 0.6 is 11.6 Å². The molecule has 1 saturated heterocycles. The topological polar surface area (TPSA) is 41.1 Å². The van der Waals surface area contributed by atoms with Gasteiger partial charge in [0.1, 0.15) is 0 Å². The third kappa shape index (κ3) is 3.78. The summed E-state index contributed by atoms with van der Waals surface area (Å²) in [7, 11) is 0. The first-order chi connectivity index (χ1) is 10.1. The van der Waals surface area contributed by atoms with Gasteiger partial charge in [-0.2, -0.15) is 0 Å². The fourth-order valence-corrected chi connectivity index (χ4v) is 3.52. The Morgan fingerprint density at radius 2 is 2.24 bits per heavy atom. The molecule has 0 aromatic heterocycles. The molecule has 4 heteroatoms. The second-order valence-corrected chi connectivity index (χ2v) is 6.43. The first-order valence-corrected chi connectivity index (χ1v) is 8.23. The zero-order valence-electron chi connectivity index (χ0n) is 12.9. The molecular formula is C17H25ClN2O. The third-order valence-corrected chi connectivity index (χ3v) is 4.75. The van der Waals surface area contributed by atoms with E-state index in [4.69, 9.17) is 11.6 Å². The standard InChI is InChI=1S/C17H25ClN2O/c1-3-9-17(10-6-11-19-12-17)16(21)20-13(2)14-7-4-5-8-15(14)18/h4-5,7-8,13,19H,3,6,9-12H2,1-2H3,(H,20,21). The highest BCUT2D eigenvalue weighted by molar-refractivity contribution is 6.31. The van der Waals surface area contributed by atoms with Crippen molar-refractivity contribution in [3.05, 3.63) is 34.9 Å². The van der Waals surface area contributed by atoms with Crippen LogP contribution < -0.4 is 10.6 Å². The van der Waals surface area contributed by atoms with Crippen molar-refractivity contribution < 1.29 is 4.79 Å². The van der Waals surface area contributed by atoms with Gasteiger partial charge in [0, 0.05) is 11.6 Å². The van der Waals surface area contributed by atoms with E-state index in [0.717, 1.165) is 44.3 Å². The highest BCUT2D eigenvalue weighted by atomic mass is 35.5. The average molecular weight is 309 g/mol. The lowest BCUT2D eigenvalue weighted by molar-refractivity contribution is -0.133. The number of piperidine rings is 1. The molecule has 1 fully saturated rings. The smallest absolute Gasteiger partial charge is 0.227 e. The number of hydrogen-bond donors (Lipinski definition) is 2. The summed E-state index contributed by atoms with van der Waals surface area (Å²) >= 11 is 6.22. The molecule has 0 radical (unpaired) electrons. The number of rotatable bonds is 5. The lowest BCUT2D eigenvalue weighted by Gasteiger charge is -2.37. The number of amides is 1. The summed E-state index contributed by atoms with van der Waals surface area (Å²) in [5.41, 5.74) is 0.714. The van der Waals surface area contributed by atoms with Gasteiger partial charge < -0.3 is 10.6 Å². The van der Waals surface area contributed by atoms with Crippen LogP contribution in [-0.2, 0) is 4.79 Å². The molecule has 0 bridgehead atoms. The Kier molecular flexibility index (Phi) is 5.65. The van der Waals surface area contributed by atoms with Gasteiger partial charge in [0.2, 0.25) is 5.91 Å². The zero-order chi connectivity index (χ0) is 15.3. The van der Waals surface area contributed by atoms with Crippen LogP contribution in [0.5, 0.6) is 0 Å². The molecule has 0 spiro atoms. The first-order valence-electron chi connectivity index (χ1n) is 7.85. The molecule has 2 unspecified atom stereocenters. The summed E-state index contributed by atoms with van der Waals surface area (Å²) in [5, 5.41) is 7.25. The maximum atomic E-state index is 12.8. The van der Waals surface area contributed by atoms with Gasteiger partial charge in [-0.1, -0.05) is 43.1 Å². The van der Waals surface area contributed by atoms with Crippen LogP contribution in [0.25, 0.3) is 0 Å². The predicted octanol–water partition coefficient (Wildman–Crippen LogP) is 3.69. The number of hydrogen-bond acceptors (Lipinski definition) is 2. The molecule has 1 amide bonds. The van der Waals surface area contributed by atoms with Gasteiger partial charge in [0.25, 0.3) is 0 Å². The summed E-state index contributed by atoms with van der Waals surface area (Å²) in [6.45, 7) is 5.93. The zero-order valence-corrected chi connectivity index (χ0v) is 13.7. The van der Waals surface area contributed by atoms with Crippen LogP contribution in [0.3, 0.4) is 0 Å². The molecule has 1 aromatic rings. The molecule has 1 aliphatic heterocycles. The Balaban J connectivity index is 2.10. The van der Waals surface area contributed by atoms with E-state index in [2.05, 4.69) is 17.6 Å². The Morgan fingerprint density at radius 1 is 1.48 bits per heavy atom. The van der Waals surface area contributed by atoms with Crippen molar-refractivity contribution in [2.24, 2.45) is 5.41 Å². The molecule has 0 aliphatic carbocycles.